The van der Waals surface area contributed by atoms with E-state index >= 15 is 0 Å². The van der Waals surface area contributed by atoms with Crippen LogP contribution in [0.25, 0.3) is 0 Å². The Labute approximate surface area is 114 Å². The van der Waals surface area contributed by atoms with Gasteiger partial charge in [0.15, 0.2) is 5.84 Å². The SMILES string of the molecule is CCCCOCCOCc1cccc(/C(N)=N/O)c1. The maximum atomic E-state index is 8.61. The molecule has 1 aromatic carbocycles. The molecule has 0 fully saturated rings. The predicted octanol–water partition coefficient (Wildman–Crippen LogP) is 2.11. The van der Waals surface area contributed by atoms with E-state index in [2.05, 4.69) is 12.1 Å². The van der Waals surface area contributed by atoms with Gasteiger partial charge in [-0.1, -0.05) is 36.7 Å². The zero-order valence-corrected chi connectivity index (χ0v) is 11.3. The molecule has 0 spiro atoms. The molecule has 0 aliphatic heterocycles. The minimum atomic E-state index is 0.102. The molecule has 1 aromatic rings. The molecule has 0 atom stereocenters. The molecule has 106 valence electrons. The van der Waals surface area contributed by atoms with Crippen LogP contribution in [0.15, 0.2) is 29.4 Å². The lowest BCUT2D eigenvalue weighted by Gasteiger charge is -2.07. The number of ether oxygens (including phenoxy) is 2. The molecule has 0 saturated heterocycles. The zero-order chi connectivity index (χ0) is 13.9. The second-order valence-electron chi connectivity index (χ2n) is 4.20. The fraction of sp³-hybridized carbons (Fsp3) is 0.500. The van der Waals surface area contributed by atoms with Gasteiger partial charge in [-0.15, -0.1) is 0 Å². The number of rotatable bonds is 9. The van der Waals surface area contributed by atoms with Gasteiger partial charge in [0.2, 0.25) is 0 Å². The summed E-state index contributed by atoms with van der Waals surface area (Å²) in [5.41, 5.74) is 7.19. The van der Waals surface area contributed by atoms with Crippen molar-refractivity contribution in [3.05, 3.63) is 35.4 Å². The molecule has 0 aromatic heterocycles. The van der Waals surface area contributed by atoms with Crippen LogP contribution in [-0.4, -0.2) is 30.9 Å². The smallest absolute Gasteiger partial charge is 0.170 e. The fourth-order valence-corrected chi connectivity index (χ4v) is 1.53. The number of hydrogen-bond acceptors (Lipinski definition) is 4. The summed E-state index contributed by atoms with van der Waals surface area (Å²) in [6.07, 6.45) is 2.23. The van der Waals surface area contributed by atoms with Gasteiger partial charge in [-0.05, 0) is 18.1 Å². The summed E-state index contributed by atoms with van der Waals surface area (Å²) in [6, 6.07) is 7.41. The number of hydrogen-bond donors (Lipinski definition) is 2. The second kappa shape index (κ2) is 9.35. The van der Waals surface area contributed by atoms with Crippen LogP contribution in [-0.2, 0) is 16.1 Å². The Morgan fingerprint density at radius 1 is 1.26 bits per heavy atom. The Hall–Kier alpha value is -1.59. The Morgan fingerprint density at radius 3 is 2.79 bits per heavy atom. The van der Waals surface area contributed by atoms with Crippen LogP contribution in [0.5, 0.6) is 0 Å². The van der Waals surface area contributed by atoms with Crippen LogP contribution in [0.2, 0.25) is 0 Å². The predicted molar refractivity (Wildman–Crippen MR) is 74.3 cm³/mol. The number of nitrogens with zero attached hydrogens (tertiary/aromatic N) is 1. The lowest BCUT2D eigenvalue weighted by molar-refractivity contribution is 0.0397. The van der Waals surface area contributed by atoms with Crippen LogP contribution in [0.4, 0.5) is 0 Å². The van der Waals surface area contributed by atoms with Gasteiger partial charge in [0, 0.05) is 12.2 Å². The van der Waals surface area contributed by atoms with Crippen LogP contribution in [0.1, 0.15) is 30.9 Å². The van der Waals surface area contributed by atoms with Crippen LogP contribution in [0, 0.1) is 0 Å². The van der Waals surface area contributed by atoms with Gasteiger partial charge in [-0.2, -0.15) is 0 Å². The monoisotopic (exact) mass is 266 g/mol. The molecule has 0 unspecified atom stereocenters. The Kier molecular flexibility index (Phi) is 7.62. The van der Waals surface area contributed by atoms with Gasteiger partial charge in [0.05, 0.1) is 19.8 Å². The average molecular weight is 266 g/mol. The van der Waals surface area contributed by atoms with E-state index in [1.807, 2.05) is 18.2 Å². The molecular formula is C14H22N2O3. The highest BCUT2D eigenvalue weighted by Crippen LogP contribution is 2.06. The summed E-state index contributed by atoms with van der Waals surface area (Å²) < 4.78 is 10.9. The van der Waals surface area contributed by atoms with Crippen molar-refractivity contribution >= 4 is 5.84 Å². The molecule has 0 aliphatic carbocycles. The van der Waals surface area contributed by atoms with Crippen molar-refractivity contribution in [3.63, 3.8) is 0 Å². The first-order chi connectivity index (χ1) is 9.27. The molecule has 0 aliphatic rings. The van der Waals surface area contributed by atoms with Gasteiger partial charge in [0.1, 0.15) is 0 Å². The van der Waals surface area contributed by atoms with Gasteiger partial charge in [-0.25, -0.2) is 0 Å². The van der Waals surface area contributed by atoms with Crippen LogP contribution < -0.4 is 5.73 Å². The Morgan fingerprint density at radius 2 is 2.05 bits per heavy atom. The standard InChI is InChI=1S/C14H22N2O3/c1-2-3-7-18-8-9-19-11-12-5-4-6-13(10-12)14(15)16-17/h4-6,10,17H,2-3,7-9,11H2,1H3,(H2,15,16). The van der Waals surface area contributed by atoms with Crippen molar-refractivity contribution in [2.75, 3.05) is 19.8 Å². The van der Waals surface area contributed by atoms with E-state index in [1.165, 1.54) is 0 Å². The molecule has 0 saturated carbocycles. The van der Waals surface area contributed by atoms with Crippen LogP contribution in [0.3, 0.4) is 0 Å². The molecule has 19 heavy (non-hydrogen) atoms. The molecule has 5 heteroatoms. The summed E-state index contributed by atoms with van der Waals surface area (Å²) >= 11 is 0. The number of amidine groups is 1. The van der Waals surface area contributed by atoms with Gasteiger partial charge < -0.3 is 20.4 Å². The van der Waals surface area contributed by atoms with Crippen molar-refractivity contribution in [2.45, 2.75) is 26.4 Å². The molecule has 3 N–H and O–H groups in total. The quantitative estimate of drug-likeness (QED) is 0.236. The molecule has 0 bridgehead atoms. The fourth-order valence-electron chi connectivity index (χ4n) is 1.53. The van der Waals surface area contributed by atoms with Gasteiger partial charge in [-0.3, -0.25) is 0 Å². The third-order valence-corrected chi connectivity index (χ3v) is 2.61. The second-order valence-corrected chi connectivity index (χ2v) is 4.20. The largest absolute Gasteiger partial charge is 0.409 e. The van der Waals surface area contributed by atoms with Crippen molar-refractivity contribution in [1.29, 1.82) is 0 Å². The first kappa shape index (κ1) is 15.5. The van der Waals surface area contributed by atoms with E-state index in [4.69, 9.17) is 20.4 Å². The lowest BCUT2D eigenvalue weighted by Crippen LogP contribution is -2.13. The molecule has 0 heterocycles. The van der Waals surface area contributed by atoms with Gasteiger partial charge >= 0.3 is 0 Å². The molecule has 1 rings (SSSR count). The molecule has 0 amide bonds. The van der Waals surface area contributed by atoms with Crippen molar-refractivity contribution in [3.8, 4) is 0 Å². The third kappa shape index (κ3) is 6.22. The highest BCUT2D eigenvalue weighted by molar-refractivity contribution is 5.97. The van der Waals surface area contributed by atoms with E-state index in [-0.39, 0.29) is 5.84 Å². The van der Waals surface area contributed by atoms with E-state index in [0.717, 1.165) is 25.0 Å². The summed E-state index contributed by atoms with van der Waals surface area (Å²) in [6.45, 7) is 4.59. The average Bonchev–Trinajstić information content (AvgIpc) is 2.46. The van der Waals surface area contributed by atoms with E-state index < -0.39 is 0 Å². The van der Waals surface area contributed by atoms with Crippen LogP contribution >= 0.6 is 0 Å². The van der Waals surface area contributed by atoms with E-state index in [9.17, 15) is 0 Å². The summed E-state index contributed by atoms with van der Waals surface area (Å²) in [5.74, 6) is 0.102. The maximum Gasteiger partial charge on any atom is 0.170 e. The van der Waals surface area contributed by atoms with Crippen molar-refractivity contribution in [2.24, 2.45) is 10.9 Å². The molecule has 0 radical (unpaired) electrons. The topological polar surface area (TPSA) is 77.1 Å². The zero-order valence-electron chi connectivity index (χ0n) is 11.3. The van der Waals surface area contributed by atoms with Crippen molar-refractivity contribution < 1.29 is 14.7 Å². The van der Waals surface area contributed by atoms with E-state index in [0.29, 0.717) is 25.4 Å². The first-order valence-corrected chi connectivity index (χ1v) is 6.50. The summed E-state index contributed by atoms with van der Waals surface area (Å²) in [4.78, 5) is 0. The number of unbranched alkanes of at least 4 members (excludes halogenated alkanes) is 1. The molecular weight excluding hydrogens is 244 g/mol. The lowest BCUT2D eigenvalue weighted by atomic mass is 10.1. The molecule has 5 nitrogen and oxygen atoms in total. The highest BCUT2D eigenvalue weighted by atomic mass is 16.5. The first-order valence-electron chi connectivity index (χ1n) is 6.50. The Bertz CT molecular complexity index is 394. The normalized spacial score (nSPS) is 11.7. The summed E-state index contributed by atoms with van der Waals surface area (Å²) in [5, 5.41) is 11.6. The van der Waals surface area contributed by atoms with Crippen molar-refractivity contribution in [1.82, 2.24) is 0 Å². The third-order valence-electron chi connectivity index (χ3n) is 2.61. The van der Waals surface area contributed by atoms with Gasteiger partial charge in [0.25, 0.3) is 0 Å². The number of oxime groups is 1. The minimum Gasteiger partial charge on any atom is -0.409 e. The highest BCUT2D eigenvalue weighted by Gasteiger charge is 2.00. The number of nitrogens with two attached hydrogens (primary N) is 1. The summed E-state index contributed by atoms with van der Waals surface area (Å²) in [7, 11) is 0. The minimum absolute atomic E-state index is 0.102. The number of benzene rings is 1. The Balaban J connectivity index is 2.26. The maximum absolute atomic E-state index is 8.61. The van der Waals surface area contributed by atoms with E-state index in [1.54, 1.807) is 6.07 Å².